The molecule has 5 heteroatoms. The highest BCUT2D eigenvalue weighted by molar-refractivity contribution is 6.21. The van der Waals surface area contributed by atoms with Gasteiger partial charge in [0.1, 0.15) is 0 Å². The standard InChI is InChI=1S/C22H29NO4/c1-3-26-20-11-10-16(15-21(20)27-4-2)14-19(25)22-17(8-7-9-18(22)24)23-12-5-6-13-23/h10-11,15H,3-9,12-14H2,1-2H3. The summed E-state index contributed by atoms with van der Waals surface area (Å²) in [6, 6.07) is 5.58. The largest absolute Gasteiger partial charge is 0.490 e. The van der Waals surface area contributed by atoms with E-state index in [1.807, 2.05) is 32.0 Å². The first-order chi connectivity index (χ1) is 13.1. The maximum absolute atomic E-state index is 13.0. The third-order valence-corrected chi connectivity index (χ3v) is 5.12. The normalized spacial score (nSPS) is 17.4. The molecule has 1 aromatic rings. The molecule has 2 aliphatic rings. The van der Waals surface area contributed by atoms with Crippen LogP contribution in [-0.4, -0.2) is 42.8 Å². The maximum atomic E-state index is 13.0. The van der Waals surface area contributed by atoms with Gasteiger partial charge in [0.15, 0.2) is 23.1 Å². The molecule has 1 aliphatic carbocycles. The molecule has 1 heterocycles. The molecule has 1 aromatic carbocycles. The Balaban J connectivity index is 1.84. The van der Waals surface area contributed by atoms with E-state index in [-0.39, 0.29) is 18.0 Å². The quantitative estimate of drug-likeness (QED) is 0.652. The number of nitrogens with zero attached hydrogens (tertiary/aromatic N) is 1. The molecule has 0 atom stereocenters. The highest BCUT2D eigenvalue weighted by atomic mass is 16.5. The van der Waals surface area contributed by atoms with Gasteiger partial charge < -0.3 is 14.4 Å². The molecule has 1 fully saturated rings. The number of Topliss-reactive ketones (excluding diaryl/α,β-unsaturated/α-hetero) is 2. The molecule has 5 nitrogen and oxygen atoms in total. The van der Waals surface area contributed by atoms with Crippen molar-refractivity contribution in [2.75, 3.05) is 26.3 Å². The highest BCUT2D eigenvalue weighted by Gasteiger charge is 2.30. The number of benzene rings is 1. The second-order valence-corrected chi connectivity index (χ2v) is 7.04. The van der Waals surface area contributed by atoms with Crippen molar-refractivity contribution < 1.29 is 19.1 Å². The van der Waals surface area contributed by atoms with E-state index in [1.165, 1.54) is 0 Å². The topological polar surface area (TPSA) is 55.8 Å². The third-order valence-electron chi connectivity index (χ3n) is 5.12. The fourth-order valence-electron chi connectivity index (χ4n) is 3.93. The first-order valence-corrected chi connectivity index (χ1v) is 10.1. The summed E-state index contributed by atoms with van der Waals surface area (Å²) < 4.78 is 11.2. The van der Waals surface area contributed by atoms with Gasteiger partial charge in [0, 0.05) is 31.6 Å². The summed E-state index contributed by atoms with van der Waals surface area (Å²) in [5.41, 5.74) is 2.26. The van der Waals surface area contributed by atoms with Crippen molar-refractivity contribution in [3.63, 3.8) is 0 Å². The van der Waals surface area contributed by atoms with Crippen molar-refractivity contribution in [2.24, 2.45) is 0 Å². The minimum absolute atomic E-state index is 0.00381. The number of allylic oxidation sites excluding steroid dienone is 2. The Morgan fingerprint density at radius 3 is 2.41 bits per heavy atom. The molecular formula is C22H29NO4. The smallest absolute Gasteiger partial charge is 0.172 e. The zero-order chi connectivity index (χ0) is 19.2. The van der Waals surface area contributed by atoms with Gasteiger partial charge in [-0.1, -0.05) is 6.07 Å². The minimum atomic E-state index is -0.0757. The van der Waals surface area contributed by atoms with Gasteiger partial charge in [-0.25, -0.2) is 0 Å². The van der Waals surface area contributed by atoms with Crippen LogP contribution in [0.4, 0.5) is 0 Å². The van der Waals surface area contributed by atoms with Gasteiger partial charge >= 0.3 is 0 Å². The summed E-state index contributed by atoms with van der Waals surface area (Å²) in [6.45, 7) is 6.84. The number of ketones is 2. The molecule has 0 aromatic heterocycles. The summed E-state index contributed by atoms with van der Waals surface area (Å²) in [6.07, 6.45) is 4.64. The minimum Gasteiger partial charge on any atom is -0.490 e. The Morgan fingerprint density at radius 2 is 1.70 bits per heavy atom. The number of likely N-dealkylation sites (tertiary alicyclic amines) is 1. The molecule has 0 N–H and O–H groups in total. The summed E-state index contributed by atoms with van der Waals surface area (Å²) in [5, 5.41) is 0. The highest BCUT2D eigenvalue weighted by Crippen LogP contribution is 2.31. The van der Waals surface area contributed by atoms with Crippen molar-refractivity contribution in [3.05, 3.63) is 35.0 Å². The Bertz CT molecular complexity index is 732. The van der Waals surface area contributed by atoms with Crippen molar-refractivity contribution in [3.8, 4) is 11.5 Å². The fraction of sp³-hybridized carbons (Fsp3) is 0.545. The van der Waals surface area contributed by atoms with Gasteiger partial charge in [0.2, 0.25) is 0 Å². The third kappa shape index (κ3) is 4.52. The van der Waals surface area contributed by atoms with Crippen LogP contribution in [-0.2, 0) is 16.0 Å². The van der Waals surface area contributed by atoms with Gasteiger partial charge in [-0.15, -0.1) is 0 Å². The maximum Gasteiger partial charge on any atom is 0.172 e. The number of ether oxygens (including phenoxy) is 2. The molecule has 146 valence electrons. The Kier molecular flexibility index (Phi) is 6.54. The number of carbonyl (C=O) groups is 2. The zero-order valence-electron chi connectivity index (χ0n) is 16.4. The van der Waals surface area contributed by atoms with Crippen LogP contribution in [0.5, 0.6) is 11.5 Å². The van der Waals surface area contributed by atoms with Gasteiger partial charge in [0.05, 0.1) is 18.8 Å². The Labute approximate surface area is 161 Å². The average molecular weight is 371 g/mol. The van der Waals surface area contributed by atoms with Crippen molar-refractivity contribution >= 4 is 11.6 Å². The molecule has 1 aliphatic heterocycles. The lowest BCUT2D eigenvalue weighted by Gasteiger charge is -2.27. The average Bonchev–Trinajstić information content (AvgIpc) is 3.18. The van der Waals surface area contributed by atoms with Gasteiger partial charge in [-0.2, -0.15) is 0 Å². The van der Waals surface area contributed by atoms with Crippen LogP contribution in [0.1, 0.15) is 51.5 Å². The van der Waals surface area contributed by atoms with E-state index in [0.717, 1.165) is 50.0 Å². The number of rotatable bonds is 8. The van der Waals surface area contributed by atoms with Crippen molar-refractivity contribution in [1.82, 2.24) is 4.90 Å². The fourth-order valence-corrected chi connectivity index (χ4v) is 3.93. The van der Waals surface area contributed by atoms with Crippen LogP contribution >= 0.6 is 0 Å². The van der Waals surface area contributed by atoms with Gasteiger partial charge in [-0.3, -0.25) is 9.59 Å². The lowest BCUT2D eigenvalue weighted by molar-refractivity contribution is -0.121. The molecule has 0 radical (unpaired) electrons. The second-order valence-electron chi connectivity index (χ2n) is 7.04. The number of carbonyl (C=O) groups excluding carboxylic acids is 2. The zero-order valence-corrected chi connectivity index (χ0v) is 16.4. The molecule has 0 unspecified atom stereocenters. The molecule has 27 heavy (non-hydrogen) atoms. The van der Waals surface area contributed by atoms with Crippen molar-refractivity contribution in [2.45, 2.75) is 52.4 Å². The molecule has 1 saturated heterocycles. The first-order valence-electron chi connectivity index (χ1n) is 10.1. The van der Waals surface area contributed by atoms with E-state index < -0.39 is 0 Å². The molecule has 0 spiro atoms. The first kappa shape index (κ1) is 19.5. The molecule has 3 rings (SSSR count). The lowest BCUT2D eigenvalue weighted by Crippen LogP contribution is -2.29. The molecular weight excluding hydrogens is 342 g/mol. The van der Waals surface area contributed by atoms with Gasteiger partial charge in [-0.05, 0) is 57.2 Å². The van der Waals surface area contributed by atoms with E-state index >= 15 is 0 Å². The van der Waals surface area contributed by atoms with Crippen LogP contribution in [0.3, 0.4) is 0 Å². The van der Waals surface area contributed by atoms with E-state index in [2.05, 4.69) is 4.90 Å². The van der Waals surface area contributed by atoms with Crippen LogP contribution < -0.4 is 9.47 Å². The molecule has 0 saturated carbocycles. The molecule has 0 amide bonds. The Morgan fingerprint density at radius 1 is 1.00 bits per heavy atom. The van der Waals surface area contributed by atoms with Gasteiger partial charge in [0.25, 0.3) is 0 Å². The summed E-state index contributed by atoms with van der Waals surface area (Å²) in [4.78, 5) is 27.8. The lowest BCUT2D eigenvalue weighted by atomic mass is 9.89. The van der Waals surface area contributed by atoms with Crippen LogP contribution in [0.15, 0.2) is 29.5 Å². The van der Waals surface area contributed by atoms with Crippen LogP contribution in [0, 0.1) is 0 Å². The summed E-state index contributed by atoms with van der Waals surface area (Å²) in [7, 11) is 0. The predicted molar refractivity (Wildman–Crippen MR) is 104 cm³/mol. The number of hydrogen-bond acceptors (Lipinski definition) is 5. The summed E-state index contributed by atoms with van der Waals surface area (Å²) in [5.74, 6) is 1.26. The second kappa shape index (κ2) is 9.07. The Hall–Kier alpha value is -2.30. The van der Waals surface area contributed by atoms with E-state index in [4.69, 9.17) is 9.47 Å². The van der Waals surface area contributed by atoms with E-state index in [9.17, 15) is 9.59 Å². The summed E-state index contributed by atoms with van der Waals surface area (Å²) >= 11 is 0. The van der Waals surface area contributed by atoms with E-state index in [1.54, 1.807) is 0 Å². The molecule has 0 bridgehead atoms. The van der Waals surface area contributed by atoms with Crippen LogP contribution in [0.25, 0.3) is 0 Å². The SMILES string of the molecule is CCOc1ccc(CC(=O)C2=C(N3CCCC3)CCCC2=O)cc1OCC. The monoisotopic (exact) mass is 371 g/mol. The predicted octanol–water partition coefficient (Wildman–Crippen LogP) is 3.70. The van der Waals surface area contributed by atoms with E-state index in [0.29, 0.717) is 36.7 Å². The van der Waals surface area contributed by atoms with Crippen molar-refractivity contribution in [1.29, 1.82) is 0 Å². The number of hydrogen-bond donors (Lipinski definition) is 0. The van der Waals surface area contributed by atoms with Crippen LogP contribution in [0.2, 0.25) is 0 Å².